The minimum Gasteiger partial charge on any atom is -0.409 e. The third-order valence-electron chi connectivity index (χ3n) is 9.24. The van der Waals surface area contributed by atoms with Crippen LogP contribution >= 0.6 is 0 Å². The Hall–Kier alpha value is -2.08. The van der Waals surface area contributed by atoms with Crippen LogP contribution in [0.4, 0.5) is 0 Å². The molecule has 6 rings (SSSR count). The van der Waals surface area contributed by atoms with E-state index in [1.54, 1.807) is 0 Å². The maximum Gasteiger partial charge on any atom is 0.252 e. The van der Waals surface area contributed by atoms with E-state index in [0.717, 1.165) is 37.4 Å². The molecule has 0 aliphatic heterocycles. The zero-order valence-electron chi connectivity index (χ0n) is 21.1. The predicted octanol–water partition coefficient (Wildman–Crippen LogP) is 5.42. The summed E-state index contributed by atoms with van der Waals surface area (Å²) in [5.41, 5.74) is 7.47. The number of oxime groups is 1. The van der Waals surface area contributed by atoms with Crippen molar-refractivity contribution in [3.63, 3.8) is 0 Å². The summed E-state index contributed by atoms with van der Waals surface area (Å²) in [6.07, 6.45) is 17.4. The number of aryl methyl sites for hydroxylation is 1. The van der Waals surface area contributed by atoms with Gasteiger partial charge in [-0.2, -0.15) is 0 Å². The summed E-state index contributed by atoms with van der Waals surface area (Å²) in [5, 5.41) is 14.9. The van der Waals surface area contributed by atoms with Gasteiger partial charge in [0.25, 0.3) is 5.91 Å². The van der Waals surface area contributed by atoms with Crippen LogP contribution in [-0.4, -0.2) is 35.7 Å². The van der Waals surface area contributed by atoms with Gasteiger partial charge in [-0.15, -0.1) is 0 Å². The minimum absolute atomic E-state index is 0.0802. The van der Waals surface area contributed by atoms with Gasteiger partial charge in [-0.25, -0.2) is 0 Å². The Morgan fingerprint density at radius 3 is 2.17 bits per heavy atom. The number of hydrogen-bond donors (Lipinski definition) is 3. The molecule has 0 heterocycles. The molecule has 4 N–H and O–H groups in total. The van der Waals surface area contributed by atoms with Gasteiger partial charge in [-0.05, 0) is 111 Å². The van der Waals surface area contributed by atoms with Crippen molar-refractivity contribution in [3.05, 3.63) is 35.4 Å². The van der Waals surface area contributed by atoms with Crippen molar-refractivity contribution in [1.82, 2.24) is 5.32 Å². The van der Waals surface area contributed by atoms with Crippen molar-refractivity contribution < 1.29 is 14.7 Å². The molecular formula is C29H43N3O3. The lowest BCUT2D eigenvalue weighted by Crippen LogP contribution is -2.48. The van der Waals surface area contributed by atoms with Crippen molar-refractivity contribution in [1.29, 1.82) is 0 Å². The average molecular weight is 482 g/mol. The number of benzene rings is 1. The van der Waals surface area contributed by atoms with Gasteiger partial charge >= 0.3 is 0 Å². The predicted molar refractivity (Wildman–Crippen MR) is 137 cm³/mol. The van der Waals surface area contributed by atoms with E-state index in [4.69, 9.17) is 15.7 Å². The summed E-state index contributed by atoms with van der Waals surface area (Å²) in [4.78, 5) is 12.5. The zero-order valence-corrected chi connectivity index (χ0v) is 21.1. The van der Waals surface area contributed by atoms with E-state index in [9.17, 15) is 4.79 Å². The zero-order chi connectivity index (χ0) is 24.3. The van der Waals surface area contributed by atoms with E-state index in [1.807, 2.05) is 24.3 Å². The van der Waals surface area contributed by atoms with Gasteiger partial charge in [0, 0.05) is 12.2 Å². The Morgan fingerprint density at radius 1 is 0.971 bits per heavy atom. The molecule has 6 heteroatoms. The number of amides is 1. The average Bonchev–Trinajstić information content (AvgIpc) is 3.62. The summed E-state index contributed by atoms with van der Waals surface area (Å²) in [6.45, 7) is 1.95. The third-order valence-corrected chi connectivity index (χ3v) is 9.24. The lowest BCUT2D eigenvalue weighted by Gasteiger charge is -2.56. The van der Waals surface area contributed by atoms with Gasteiger partial charge < -0.3 is 21.0 Å². The Morgan fingerprint density at radius 2 is 1.57 bits per heavy atom. The van der Waals surface area contributed by atoms with Crippen LogP contribution in [0.25, 0.3) is 0 Å². The number of hydrogen-bond acceptors (Lipinski definition) is 4. The fourth-order valence-electron chi connectivity index (χ4n) is 7.60. The largest absolute Gasteiger partial charge is 0.409 e. The SMILES string of the molecule is N/C(=N\O)C1(NC(=O)c2ccc(CCCCCCCOCC34CC5CC(CC(C5)C3)C4)cc2)CC1. The van der Waals surface area contributed by atoms with Gasteiger partial charge in [0.15, 0.2) is 5.84 Å². The van der Waals surface area contributed by atoms with Gasteiger partial charge in [0.1, 0.15) is 5.54 Å². The number of nitrogens with zero attached hydrogens (tertiary/aromatic N) is 1. The van der Waals surface area contributed by atoms with E-state index in [2.05, 4.69) is 10.5 Å². The van der Waals surface area contributed by atoms with Crippen molar-refractivity contribution in [2.75, 3.05) is 13.2 Å². The molecule has 5 aliphatic rings. The molecule has 0 spiro atoms. The summed E-state index contributed by atoms with van der Waals surface area (Å²) in [6, 6.07) is 7.81. The van der Waals surface area contributed by atoms with Crippen LogP contribution in [0.1, 0.15) is 99.4 Å². The Labute approximate surface area is 210 Å². The number of ether oxygens (including phenoxy) is 1. The Kier molecular flexibility index (Phi) is 7.38. The first-order valence-electron chi connectivity index (χ1n) is 14.0. The van der Waals surface area contributed by atoms with Crippen LogP contribution in [0, 0.1) is 23.2 Å². The molecule has 35 heavy (non-hydrogen) atoms. The molecule has 5 saturated carbocycles. The quantitative estimate of drug-likeness (QED) is 0.115. The molecule has 1 aromatic rings. The molecule has 4 bridgehead atoms. The standard InChI is InChI=1S/C29H43N3O3/c30-27(32-34)29(11-12-29)31-26(33)25-9-7-21(8-10-25)6-4-2-1-3-5-13-35-20-28-17-22-14-23(18-28)16-24(15-22)19-28/h7-10,22-24,34H,1-6,11-20H2,(H2,30,32)(H,31,33). The summed E-state index contributed by atoms with van der Waals surface area (Å²) >= 11 is 0. The molecular weight excluding hydrogens is 438 g/mol. The van der Waals surface area contributed by atoms with Crippen LogP contribution in [0.3, 0.4) is 0 Å². The van der Waals surface area contributed by atoms with Gasteiger partial charge in [-0.1, -0.05) is 36.6 Å². The first-order chi connectivity index (χ1) is 17.0. The van der Waals surface area contributed by atoms with Gasteiger partial charge in [-0.3, -0.25) is 4.79 Å². The molecule has 1 aromatic carbocycles. The highest BCUT2D eigenvalue weighted by Gasteiger charge is 2.51. The van der Waals surface area contributed by atoms with E-state index < -0.39 is 5.54 Å². The maximum atomic E-state index is 12.5. The lowest BCUT2D eigenvalue weighted by molar-refractivity contribution is -0.0966. The number of nitrogens with one attached hydrogen (secondary N) is 1. The van der Waals surface area contributed by atoms with Crippen molar-refractivity contribution in [3.8, 4) is 0 Å². The highest BCUT2D eigenvalue weighted by molar-refractivity contribution is 6.01. The fourth-order valence-corrected chi connectivity index (χ4v) is 7.60. The van der Waals surface area contributed by atoms with Crippen LogP contribution in [0.15, 0.2) is 29.4 Å². The highest BCUT2D eigenvalue weighted by atomic mass is 16.5. The molecule has 0 radical (unpaired) electrons. The number of nitrogens with two attached hydrogens (primary N) is 1. The number of rotatable bonds is 13. The number of amidine groups is 1. The van der Waals surface area contributed by atoms with E-state index in [-0.39, 0.29) is 11.7 Å². The summed E-state index contributed by atoms with van der Waals surface area (Å²) < 4.78 is 6.22. The first kappa shape index (κ1) is 24.6. The third kappa shape index (κ3) is 5.84. The second-order valence-corrected chi connectivity index (χ2v) is 12.2. The fraction of sp³-hybridized carbons (Fsp3) is 0.724. The second kappa shape index (κ2) is 10.5. The molecule has 192 valence electrons. The molecule has 0 unspecified atom stereocenters. The second-order valence-electron chi connectivity index (χ2n) is 12.2. The van der Waals surface area contributed by atoms with Gasteiger partial charge in [0.2, 0.25) is 0 Å². The van der Waals surface area contributed by atoms with Gasteiger partial charge in [0.05, 0.1) is 6.61 Å². The lowest BCUT2D eigenvalue weighted by atomic mass is 9.50. The smallest absolute Gasteiger partial charge is 0.252 e. The van der Waals surface area contributed by atoms with E-state index in [1.165, 1.54) is 76.2 Å². The highest BCUT2D eigenvalue weighted by Crippen LogP contribution is 2.60. The van der Waals surface area contributed by atoms with Crippen LogP contribution < -0.4 is 11.1 Å². The first-order valence-corrected chi connectivity index (χ1v) is 14.0. The molecule has 0 aromatic heterocycles. The summed E-state index contributed by atoms with van der Waals surface area (Å²) in [7, 11) is 0. The van der Waals surface area contributed by atoms with Crippen LogP contribution in [0.2, 0.25) is 0 Å². The normalized spacial score (nSPS) is 30.4. The topological polar surface area (TPSA) is 96.9 Å². The molecule has 5 aliphatic carbocycles. The number of carbonyl (C=O) groups excluding carboxylic acids is 1. The van der Waals surface area contributed by atoms with Crippen molar-refractivity contribution in [2.45, 2.75) is 95.4 Å². The van der Waals surface area contributed by atoms with E-state index >= 15 is 0 Å². The minimum atomic E-state index is -0.662. The van der Waals surface area contributed by atoms with Crippen molar-refractivity contribution in [2.24, 2.45) is 34.1 Å². The monoisotopic (exact) mass is 481 g/mol. The van der Waals surface area contributed by atoms with Crippen LogP contribution in [-0.2, 0) is 11.2 Å². The Balaban J connectivity index is 0.920. The molecule has 6 nitrogen and oxygen atoms in total. The summed E-state index contributed by atoms with van der Waals surface area (Å²) in [5.74, 6) is 2.94. The molecule has 1 amide bonds. The Bertz CT molecular complexity index is 871. The number of unbranched alkanes of at least 4 members (excludes halogenated alkanes) is 4. The molecule has 0 saturated heterocycles. The van der Waals surface area contributed by atoms with E-state index in [0.29, 0.717) is 23.8 Å². The van der Waals surface area contributed by atoms with Crippen molar-refractivity contribution >= 4 is 11.7 Å². The van der Waals surface area contributed by atoms with Crippen LogP contribution in [0.5, 0.6) is 0 Å². The maximum absolute atomic E-state index is 12.5. The molecule has 5 fully saturated rings. The number of carbonyl (C=O) groups is 1. The molecule has 0 atom stereocenters.